The maximum absolute atomic E-state index is 10.9. The number of halogens is 1. The fourth-order valence-corrected chi connectivity index (χ4v) is 2.24. The van der Waals surface area contributed by atoms with E-state index in [0.717, 1.165) is 4.90 Å². The van der Waals surface area contributed by atoms with E-state index in [9.17, 15) is 4.79 Å². The van der Waals surface area contributed by atoms with Crippen molar-refractivity contribution in [3.05, 3.63) is 47.4 Å². The first-order valence-corrected chi connectivity index (χ1v) is 5.69. The summed E-state index contributed by atoms with van der Waals surface area (Å²) in [5, 5.41) is 0.754. The van der Waals surface area contributed by atoms with Gasteiger partial charge in [0, 0.05) is 4.90 Å². The summed E-state index contributed by atoms with van der Waals surface area (Å²) in [6, 6.07) is 9.65. The molecule has 0 aliphatic rings. The second-order valence-corrected chi connectivity index (χ2v) is 4.34. The second kappa shape index (κ2) is 5.09. The molecule has 2 aromatic rings. The first-order chi connectivity index (χ1) is 7.81. The molecule has 0 saturated heterocycles. The fourth-order valence-electron chi connectivity index (χ4n) is 1.14. The largest absolute Gasteiger partial charge is 0.298 e. The minimum Gasteiger partial charge on any atom is -0.298 e. The van der Waals surface area contributed by atoms with E-state index in [-0.39, 0.29) is 5.15 Å². The van der Waals surface area contributed by atoms with Gasteiger partial charge in [-0.15, -0.1) is 0 Å². The smallest absolute Gasteiger partial charge is 0.155 e. The van der Waals surface area contributed by atoms with E-state index in [2.05, 4.69) is 9.97 Å². The van der Waals surface area contributed by atoms with Crippen molar-refractivity contribution in [2.45, 2.75) is 9.92 Å². The summed E-state index contributed by atoms with van der Waals surface area (Å²) >= 11 is 7.19. The molecule has 0 radical (unpaired) electrons. The van der Waals surface area contributed by atoms with Crippen LogP contribution in [0.15, 0.2) is 46.6 Å². The van der Waals surface area contributed by atoms with Gasteiger partial charge >= 0.3 is 0 Å². The Morgan fingerprint density at radius 2 is 1.94 bits per heavy atom. The number of aldehydes is 1. The van der Waals surface area contributed by atoms with Gasteiger partial charge in [0.2, 0.25) is 0 Å². The molecule has 5 heteroatoms. The highest BCUT2D eigenvalue weighted by Crippen LogP contribution is 2.29. The van der Waals surface area contributed by atoms with Gasteiger partial charge in [0.1, 0.15) is 16.5 Å². The van der Waals surface area contributed by atoms with Crippen LogP contribution >= 0.6 is 23.4 Å². The second-order valence-electron chi connectivity index (χ2n) is 2.92. The minimum absolute atomic E-state index is 0.184. The topological polar surface area (TPSA) is 42.9 Å². The zero-order chi connectivity index (χ0) is 11.4. The zero-order valence-electron chi connectivity index (χ0n) is 8.13. The maximum Gasteiger partial charge on any atom is 0.155 e. The first kappa shape index (κ1) is 11.1. The van der Waals surface area contributed by atoms with Crippen molar-refractivity contribution in [3.8, 4) is 0 Å². The molecule has 0 aliphatic carbocycles. The predicted molar refractivity (Wildman–Crippen MR) is 63.0 cm³/mol. The SMILES string of the molecule is O=Cc1c(Cl)ncnc1Sc1ccccc1. The van der Waals surface area contributed by atoms with E-state index in [1.54, 1.807) is 0 Å². The molecule has 1 aromatic heterocycles. The molecule has 0 atom stereocenters. The monoisotopic (exact) mass is 250 g/mol. The van der Waals surface area contributed by atoms with Gasteiger partial charge in [0.05, 0.1) is 5.56 Å². The van der Waals surface area contributed by atoms with Crippen LogP contribution in [0.5, 0.6) is 0 Å². The Labute approximate surface area is 102 Å². The highest BCUT2D eigenvalue weighted by atomic mass is 35.5. The molecule has 1 aromatic carbocycles. The highest BCUT2D eigenvalue weighted by molar-refractivity contribution is 7.99. The van der Waals surface area contributed by atoms with Crippen molar-refractivity contribution >= 4 is 29.6 Å². The van der Waals surface area contributed by atoms with E-state index in [4.69, 9.17) is 11.6 Å². The molecule has 0 unspecified atom stereocenters. The third-order valence-electron chi connectivity index (χ3n) is 1.87. The molecule has 0 bridgehead atoms. The van der Waals surface area contributed by atoms with E-state index >= 15 is 0 Å². The normalized spacial score (nSPS) is 10.1. The lowest BCUT2D eigenvalue weighted by atomic mass is 10.4. The molecule has 0 fully saturated rings. The van der Waals surface area contributed by atoms with Crippen LogP contribution in [0.25, 0.3) is 0 Å². The van der Waals surface area contributed by atoms with Crippen LogP contribution in [0.2, 0.25) is 5.15 Å². The van der Waals surface area contributed by atoms with Crippen molar-refractivity contribution in [3.63, 3.8) is 0 Å². The molecule has 0 aliphatic heterocycles. The summed E-state index contributed by atoms with van der Waals surface area (Å²) in [5.74, 6) is 0. The number of hydrogen-bond acceptors (Lipinski definition) is 4. The number of rotatable bonds is 3. The van der Waals surface area contributed by atoms with E-state index in [0.29, 0.717) is 16.9 Å². The number of carbonyl (C=O) groups is 1. The van der Waals surface area contributed by atoms with Crippen LogP contribution in [0.1, 0.15) is 10.4 Å². The van der Waals surface area contributed by atoms with Gasteiger partial charge in [-0.05, 0) is 12.1 Å². The van der Waals surface area contributed by atoms with Crippen LogP contribution in [-0.2, 0) is 0 Å². The van der Waals surface area contributed by atoms with Crippen molar-refractivity contribution in [1.29, 1.82) is 0 Å². The van der Waals surface area contributed by atoms with Crippen LogP contribution in [0, 0.1) is 0 Å². The number of benzene rings is 1. The molecule has 0 spiro atoms. The zero-order valence-corrected chi connectivity index (χ0v) is 9.70. The molecule has 16 heavy (non-hydrogen) atoms. The third-order valence-corrected chi connectivity index (χ3v) is 3.20. The highest BCUT2D eigenvalue weighted by Gasteiger charge is 2.09. The Bertz CT molecular complexity index is 505. The summed E-state index contributed by atoms with van der Waals surface area (Å²) in [4.78, 5) is 19.7. The molecule has 0 amide bonds. The van der Waals surface area contributed by atoms with Crippen LogP contribution < -0.4 is 0 Å². The molecular formula is C11H7ClN2OS. The van der Waals surface area contributed by atoms with Gasteiger partial charge < -0.3 is 0 Å². The van der Waals surface area contributed by atoms with Gasteiger partial charge in [-0.3, -0.25) is 4.79 Å². The molecule has 2 rings (SSSR count). The summed E-state index contributed by atoms with van der Waals surface area (Å²) in [5.41, 5.74) is 0.331. The van der Waals surface area contributed by atoms with Crippen LogP contribution in [0.3, 0.4) is 0 Å². The molecule has 1 heterocycles. The van der Waals surface area contributed by atoms with Crippen LogP contribution in [-0.4, -0.2) is 16.3 Å². The molecule has 80 valence electrons. The van der Waals surface area contributed by atoms with Gasteiger partial charge in [-0.1, -0.05) is 41.6 Å². The number of carbonyl (C=O) groups excluding carboxylic acids is 1. The Morgan fingerprint density at radius 3 is 2.62 bits per heavy atom. The number of hydrogen-bond donors (Lipinski definition) is 0. The minimum atomic E-state index is 0.184. The standard InChI is InChI=1S/C11H7ClN2OS/c12-10-9(6-15)11(14-7-13-10)16-8-4-2-1-3-5-8/h1-7H. The lowest BCUT2D eigenvalue weighted by Gasteiger charge is -2.03. The Hall–Kier alpha value is -1.39. The first-order valence-electron chi connectivity index (χ1n) is 4.50. The number of aromatic nitrogens is 2. The number of nitrogens with zero attached hydrogens (tertiary/aromatic N) is 2. The van der Waals surface area contributed by atoms with Crippen LogP contribution in [0.4, 0.5) is 0 Å². The average Bonchev–Trinajstić information content (AvgIpc) is 2.31. The summed E-state index contributed by atoms with van der Waals surface area (Å²) in [7, 11) is 0. The lowest BCUT2D eigenvalue weighted by Crippen LogP contribution is -1.93. The summed E-state index contributed by atoms with van der Waals surface area (Å²) < 4.78 is 0. The van der Waals surface area contributed by atoms with Gasteiger partial charge in [-0.2, -0.15) is 0 Å². The summed E-state index contributed by atoms with van der Waals surface area (Å²) in [6.45, 7) is 0. The van der Waals surface area contributed by atoms with Crippen molar-refractivity contribution in [1.82, 2.24) is 9.97 Å². The third kappa shape index (κ3) is 2.40. The van der Waals surface area contributed by atoms with E-state index < -0.39 is 0 Å². The van der Waals surface area contributed by atoms with Crippen molar-refractivity contribution in [2.24, 2.45) is 0 Å². The Morgan fingerprint density at radius 1 is 1.19 bits per heavy atom. The van der Waals surface area contributed by atoms with E-state index in [1.165, 1.54) is 18.1 Å². The average molecular weight is 251 g/mol. The molecule has 0 saturated carbocycles. The maximum atomic E-state index is 10.9. The predicted octanol–water partition coefficient (Wildman–Crippen LogP) is 3.09. The molecule has 0 N–H and O–H groups in total. The summed E-state index contributed by atoms with van der Waals surface area (Å²) in [6.07, 6.45) is 2.02. The molecular weight excluding hydrogens is 244 g/mol. The fraction of sp³-hybridized carbons (Fsp3) is 0. The Kier molecular flexibility index (Phi) is 3.54. The van der Waals surface area contributed by atoms with E-state index in [1.807, 2.05) is 30.3 Å². The van der Waals surface area contributed by atoms with Gasteiger partial charge in [0.25, 0.3) is 0 Å². The van der Waals surface area contributed by atoms with Crippen molar-refractivity contribution < 1.29 is 4.79 Å². The van der Waals surface area contributed by atoms with Gasteiger partial charge in [0.15, 0.2) is 6.29 Å². The van der Waals surface area contributed by atoms with Gasteiger partial charge in [-0.25, -0.2) is 9.97 Å². The molecule has 3 nitrogen and oxygen atoms in total. The lowest BCUT2D eigenvalue weighted by molar-refractivity contribution is 0.112. The quantitative estimate of drug-likeness (QED) is 0.620. The van der Waals surface area contributed by atoms with Crippen molar-refractivity contribution in [2.75, 3.05) is 0 Å². The Balaban J connectivity index is 2.35.